The van der Waals surface area contributed by atoms with Crippen LogP contribution in [0.1, 0.15) is 51.4 Å². The van der Waals surface area contributed by atoms with E-state index in [4.69, 9.17) is 4.74 Å². The summed E-state index contributed by atoms with van der Waals surface area (Å²) in [5.41, 5.74) is 0. The first kappa shape index (κ1) is 13.8. The monoisotopic (exact) mass is 255 g/mol. The van der Waals surface area contributed by atoms with E-state index < -0.39 is 0 Å². The maximum atomic E-state index is 11.9. The van der Waals surface area contributed by atoms with Crippen molar-refractivity contribution in [2.24, 2.45) is 0 Å². The first-order valence-electron chi connectivity index (χ1n) is 7.25. The minimum atomic E-state index is -0.280. The molecule has 2 fully saturated rings. The average Bonchev–Trinajstić information content (AvgIpc) is 2.62. The van der Waals surface area contributed by atoms with Gasteiger partial charge >= 0.3 is 5.97 Å². The van der Waals surface area contributed by atoms with Crippen molar-refractivity contribution in [3.63, 3.8) is 0 Å². The first-order chi connectivity index (χ1) is 8.74. The highest BCUT2D eigenvalue weighted by Gasteiger charge is 2.37. The van der Waals surface area contributed by atoms with Gasteiger partial charge in [0.2, 0.25) is 0 Å². The summed E-state index contributed by atoms with van der Waals surface area (Å²) >= 11 is 0. The Morgan fingerprint density at radius 2 is 1.83 bits per heavy atom. The lowest BCUT2D eigenvalue weighted by molar-refractivity contribution is -0.151. The fraction of sp³-hybridized carbons (Fsp3) is 0.929. The van der Waals surface area contributed by atoms with Crippen molar-refractivity contribution in [2.75, 3.05) is 13.7 Å². The zero-order chi connectivity index (χ0) is 13.0. The average molecular weight is 255 g/mol. The number of methoxy groups -OCH3 is 1. The van der Waals surface area contributed by atoms with Gasteiger partial charge < -0.3 is 9.84 Å². The van der Waals surface area contributed by atoms with Crippen LogP contribution in [0.15, 0.2) is 0 Å². The van der Waals surface area contributed by atoms with E-state index in [0.29, 0.717) is 0 Å². The fourth-order valence-electron chi connectivity index (χ4n) is 3.40. The predicted molar refractivity (Wildman–Crippen MR) is 69.2 cm³/mol. The topological polar surface area (TPSA) is 49.8 Å². The summed E-state index contributed by atoms with van der Waals surface area (Å²) in [5, 5.41) is 10.3. The quantitative estimate of drug-likeness (QED) is 0.603. The third kappa shape index (κ3) is 3.04. The van der Waals surface area contributed by atoms with E-state index in [0.717, 1.165) is 51.5 Å². The maximum Gasteiger partial charge on any atom is 0.323 e. The molecule has 3 atom stereocenters. The van der Waals surface area contributed by atoms with E-state index in [1.807, 2.05) is 0 Å². The molecule has 4 heteroatoms. The lowest BCUT2D eigenvalue weighted by atomic mass is 9.95. The van der Waals surface area contributed by atoms with Gasteiger partial charge in [-0.2, -0.15) is 0 Å². The van der Waals surface area contributed by atoms with Crippen LogP contribution in [0, 0.1) is 0 Å². The van der Waals surface area contributed by atoms with Gasteiger partial charge in [-0.15, -0.1) is 0 Å². The molecule has 0 spiro atoms. The second-order valence-electron chi connectivity index (χ2n) is 5.55. The molecule has 4 nitrogen and oxygen atoms in total. The smallest absolute Gasteiger partial charge is 0.323 e. The number of carbonyl (C=O) groups is 1. The Hall–Kier alpha value is -0.610. The Balaban J connectivity index is 2.08. The van der Waals surface area contributed by atoms with Gasteiger partial charge in [0.05, 0.1) is 13.2 Å². The Bertz CT molecular complexity index is 282. The van der Waals surface area contributed by atoms with Gasteiger partial charge in [-0.3, -0.25) is 9.69 Å². The number of hydrogen-bond donors (Lipinski definition) is 1. The van der Waals surface area contributed by atoms with Crippen molar-refractivity contribution in [2.45, 2.75) is 69.6 Å². The van der Waals surface area contributed by atoms with E-state index in [2.05, 4.69) is 4.90 Å². The van der Waals surface area contributed by atoms with Gasteiger partial charge in [0.1, 0.15) is 6.04 Å². The normalized spacial score (nSPS) is 34.9. The van der Waals surface area contributed by atoms with Crippen molar-refractivity contribution in [1.29, 1.82) is 0 Å². The van der Waals surface area contributed by atoms with Crippen molar-refractivity contribution >= 4 is 5.97 Å². The van der Waals surface area contributed by atoms with Gasteiger partial charge in [0, 0.05) is 6.04 Å². The summed E-state index contributed by atoms with van der Waals surface area (Å²) in [6.07, 6.45) is 8.14. The van der Waals surface area contributed by atoms with E-state index in [9.17, 15) is 9.90 Å². The summed E-state index contributed by atoms with van der Waals surface area (Å²) in [6, 6.07) is 0.0124. The molecule has 2 aliphatic rings. The Kier molecular flexibility index (Phi) is 5.01. The number of nitrogens with zero attached hydrogens (tertiary/aromatic N) is 1. The molecule has 0 aromatic carbocycles. The summed E-state index contributed by atoms with van der Waals surface area (Å²) < 4.78 is 4.92. The van der Waals surface area contributed by atoms with E-state index >= 15 is 0 Å². The number of carbonyl (C=O) groups excluding carboxylic acids is 1. The van der Waals surface area contributed by atoms with Crippen LogP contribution in [-0.4, -0.2) is 47.8 Å². The minimum Gasteiger partial charge on any atom is -0.468 e. The molecule has 0 amide bonds. The highest BCUT2D eigenvalue weighted by atomic mass is 16.5. The van der Waals surface area contributed by atoms with Crippen LogP contribution < -0.4 is 0 Å². The number of piperidine rings is 1. The van der Waals surface area contributed by atoms with Crippen LogP contribution in [-0.2, 0) is 9.53 Å². The molecule has 0 aromatic heterocycles. The summed E-state index contributed by atoms with van der Waals surface area (Å²) in [5.74, 6) is -0.133. The van der Waals surface area contributed by atoms with Crippen LogP contribution in [0.3, 0.4) is 0 Å². The van der Waals surface area contributed by atoms with Gasteiger partial charge in [0.25, 0.3) is 0 Å². The Morgan fingerprint density at radius 3 is 2.61 bits per heavy atom. The number of rotatable bonds is 2. The standard InChI is InChI=1S/C14H25NO3/c1-18-14(17)12-8-5-6-10-15(12)11-7-3-2-4-9-13(11)16/h11-13,16H,2-10H2,1H3. The summed E-state index contributed by atoms with van der Waals surface area (Å²) in [7, 11) is 1.46. The molecular formula is C14H25NO3. The molecule has 1 saturated heterocycles. The number of hydrogen-bond acceptors (Lipinski definition) is 4. The summed E-state index contributed by atoms with van der Waals surface area (Å²) in [4.78, 5) is 14.1. The fourth-order valence-corrected chi connectivity index (χ4v) is 3.40. The van der Waals surface area contributed by atoms with Crippen LogP contribution >= 0.6 is 0 Å². The molecule has 3 unspecified atom stereocenters. The van der Waals surface area contributed by atoms with Gasteiger partial charge in [-0.25, -0.2) is 0 Å². The molecule has 104 valence electrons. The van der Waals surface area contributed by atoms with Crippen LogP contribution in [0.2, 0.25) is 0 Å². The van der Waals surface area contributed by atoms with Gasteiger partial charge in [0.15, 0.2) is 0 Å². The van der Waals surface area contributed by atoms with E-state index in [-0.39, 0.29) is 24.2 Å². The molecule has 18 heavy (non-hydrogen) atoms. The first-order valence-corrected chi connectivity index (χ1v) is 7.25. The minimum absolute atomic E-state index is 0.133. The second kappa shape index (κ2) is 6.53. The Labute approximate surface area is 109 Å². The van der Waals surface area contributed by atoms with Crippen LogP contribution in [0.5, 0.6) is 0 Å². The molecule has 1 saturated carbocycles. The number of ether oxygens (including phenoxy) is 1. The van der Waals surface area contributed by atoms with Crippen molar-refractivity contribution in [3.05, 3.63) is 0 Å². The second-order valence-corrected chi connectivity index (χ2v) is 5.55. The lowest BCUT2D eigenvalue weighted by Gasteiger charge is -2.41. The molecule has 1 heterocycles. The predicted octanol–water partition coefficient (Wildman–Crippen LogP) is 1.71. The lowest BCUT2D eigenvalue weighted by Crippen LogP contribution is -2.54. The van der Waals surface area contributed by atoms with Crippen LogP contribution in [0.25, 0.3) is 0 Å². The third-order valence-electron chi connectivity index (χ3n) is 4.39. The van der Waals surface area contributed by atoms with E-state index in [1.165, 1.54) is 13.5 Å². The Morgan fingerprint density at radius 1 is 1.11 bits per heavy atom. The molecular weight excluding hydrogens is 230 g/mol. The van der Waals surface area contributed by atoms with E-state index in [1.54, 1.807) is 0 Å². The zero-order valence-electron chi connectivity index (χ0n) is 11.3. The molecule has 0 bridgehead atoms. The van der Waals surface area contributed by atoms with Gasteiger partial charge in [-0.1, -0.05) is 25.7 Å². The third-order valence-corrected chi connectivity index (χ3v) is 4.39. The molecule has 2 rings (SSSR count). The molecule has 0 radical (unpaired) electrons. The van der Waals surface area contributed by atoms with Crippen LogP contribution in [0.4, 0.5) is 0 Å². The van der Waals surface area contributed by atoms with Crippen molar-refractivity contribution in [3.8, 4) is 0 Å². The van der Waals surface area contributed by atoms with Gasteiger partial charge in [-0.05, 0) is 32.2 Å². The SMILES string of the molecule is COC(=O)C1CCCCN1C1CCCCCC1O. The highest BCUT2D eigenvalue weighted by Crippen LogP contribution is 2.28. The molecule has 0 aromatic rings. The number of likely N-dealkylation sites (tertiary alicyclic amines) is 1. The molecule has 1 aliphatic carbocycles. The number of esters is 1. The molecule has 1 N–H and O–H groups in total. The van der Waals surface area contributed by atoms with Crippen molar-refractivity contribution < 1.29 is 14.6 Å². The highest BCUT2D eigenvalue weighted by molar-refractivity contribution is 5.75. The zero-order valence-corrected chi connectivity index (χ0v) is 11.3. The largest absolute Gasteiger partial charge is 0.468 e. The number of aliphatic hydroxyl groups excluding tert-OH is 1. The maximum absolute atomic E-state index is 11.9. The van der Waals surface area contributed by atoms with Crippen molar-refractivity contribution in [1.82, 2.24) is 4.90 Å². The molecule has 1 aliphatic heterocycles. The summed E-state index contributed by atoms with van der Waals surface area (Å²) in [6.45, 7) is 0.918. The number of aliphatic hydroxyl groups is 1.